The van der Waals surface area contributed by atoms with Crippen LogP contribution in [0.15, 0.2) is 42.5 Å². The summed E-state index contributed by atoms with van der Waals surface area (Å²) in [5.41, 5.74) is 0.895. The maximum atomic E-state index is 13.1. The summed E-state index contributed by atoms with van der Waals surface area (Å²) >= 11 is 0. The van der Waals surface area contributed by atoms with Crippen LogP contribution in [0.4, 0.5) is 16.0 Å². The zero-order valence-corrected chi connectivity index (χ0v) is 10.4. The molecule has 0 aliphatic heterocycles. The highest BCUT2D eigenvalue weighted by atomic mass is 19.1. The van der Waals surface area contributed by atoms with Gasteiger partial charge in [-0.3, -0.25) is 0 Å². The van der Waals surface area contributed by atoms with Crippen molar-refractivity contribution < 1.29 is 4.39 Å². The molecule has 4 heteroatoms. The van der Waals surface area contributed by atoms with Crippen LogP contribution in [0.3, 0.4) is 0 Å². The highest BCUT2D eigenvalue weighted by Gasteiger charge is 2.07. The molecule has 0 aliphatic rings. The lowest BCUT2D eigenvalue weighted by Gasteiger charge is -2.15. The Balaban J connectivity index is 2.13. The smallest absolute Gasteiger partial charge is 0.128 e. The third-order valence-electron chi connectivity index (χ3n) is 2.72. The molecule has 2 N–H and O–H groups in total. The van der Waals surface area contributed by atoms with E-state index in [0.29, 0.717) is 0 Å². The number of aromatic nitrogens is 1. The van der Waals surface area contributed by atoms with Gasteiger partial charge in [0.2, 0.25) is 0 Å². The molecule has 1 aromatic carbocycles. The monoisotopic (exact) mass is 245 g/mol. The highest BCUT2D eigenvalue weighted by molar-refractivity contribution is 5.46. The lowest BCUT2D eigenvalue weighted by atomic mass is 10.1. The lowest BCUT2D eigenvalue weighted by molar-refractivity contribution is 0.623. The predicted octanol–water partition coefficient (Wildman–Crippen LogP) is 3.44. The molecule has 0 bridgehead atoms. The quantitative estimate of drug-likeness (QED) is 0.866. The van der Waals surface area contributed by atoms with Crippen molar-refractivity contribution in [3.05, 3.63) is 53.8 Å². The Morgan fingerprint density at radius 1 is 1.11 bits per heavy atom. The van der Waals surface area contributed by atoms with Crippen molar-refractivity contribution in [2.24, 2.45) is 0 Å². The zero-order chi connectivity index (χ0) is 13.0. The molecule has 0 fully saturated rings. The van der Waals surface area contributed by atoms with E-state index < -0.39 is 0 Å². The highest BCUT2D eigenvalue weighted by Crippen LogP contribution is 2.19. The van der Waals surface area contributed by atoms with E-state index in [0.717, 1.165) is 17.2 Å². The number of hydrogen-bond acceptors (Lipinski definition) is 3. The standard InChI is InChI=1S/C14H16FN3/c1-10(11-5-3-6-12(15)9-11)17-14-8-4-7-13(16-2)18-14/h3-10H,1-2H3,(H2,16,17,18). The summed E-state index contributed by atoms with van der Waals surface area (Å²) in [6.07, 6.45) is 0. The minimum absolute atomic E-state index is 0.000283. The van der Waals surface area contributed by atoms with Crippen LogP contribution in [0.1, 0.15) is 18.5 Å². The van der Waals surface area contributed by atoms with Gasteiger partial charge >= 0.3 is 0 Å². The molecular weight excluding hydrogens is 229 g/mol. The summed E-state index contributed by atoms with van der Waals surface area (Å²) in [5.74, 6) is 1.34. The second-order valence-corrected chi connectivity index (χ2v) is 4.08. The van der Waals surface area contributed by atoms with Gasteiger partial charge in [-0.15, -0.1) is 0 Å². The molecular formula is C14H16FN3. The Labute approximate surface area is 106 Å². The van der Waals surface area contributed by atoms with E-state index in [4.69, 9.17) is 0 Å². The van der Waals surface area contributed by atoms with E-state index in [-0.39, 0.29) is 11.9 Å². The normalized spacial score (nSPS) is 11.9. The average Bonchev–Trinajstić information content (AvgIpc) is 2.39. The average molecular weight is 245 g/mol. The SMILES string of the molecule is CNc1cccc(NC(C)c2cccc(F)c2)n1. The number of nitrogens with zero attached hydrogens (tertiary/aromatic N) is 1. The number of rotatable bonds is 4. The molecule has 2 aromatic rings. The van der Waals surface area contributed by atoms with Crippen molar-refractivity contribution in [3.63, 3.8) is 0 Å². The second-order valence-electron chi connectivity index (χ2n) is 4.08. The Kier molecular flexibility index (Phi) is 3.77. The first-order valence-corrected chi connectivity index (χ1v) is 5.86. The van der Waals surface area contributed by atoms with Crippen molar-refractivity contribution in [3.8, 4) is 0 Å². The first-order chi connectivity index (χ1) is 8.69. The third-order valence-corrected chi connectivity index (χ3v) is 2.72. The molecule has 3 nitrogen and oxygen atoms in total. The number of halogens is 1. The van der Waals surface area contributed by atoms with Gasteiger partial charge in [0.25, 0.3) is 0 Å². The first kappa shape index (κ1) is 12.4. The fourth-order valence-corrected chi connectivity index (χ4v) is 1.74. The van der Waals surface area contributed by atoms with Crippen molar-refractivity contribution >= 4 is 11.6 Å². The fourth-order valence-electron chi connectivity index (χ4n) is 1.74. The Bertz CT molecular complexity index is 528. The van der Waals surface area contributed by atoms with E-state index in [1.54, 1.807) is 6.07 Å². The number of benzene rings is 1. The first-order valence-electron chi connectivity index (χ1n) is 5.86. The van der Waals surface area contributed by atoms with Gasteiger partial charge < -0.3 is 10.6 Å². The van der Waals surface area contributed by atoms with Gasteiger partial charge in [-0.2, -0.15) is 0 Å². The largest absolute Gasteiger partial charge is 0.373 e. The van der Waals surface area contributed by atoms with Crippen LogP contribution in [0.25, 0.3) is 0 Å². The Morgan fingerprint density at radius 2 is 1.83 bits per heavy atom. The molecule has 0 aliphatic carbocycles. The Hall–Kier alpha value is -2.10. The van der Waals surface area contributed by atoms with Gasteiger partial charge in [0, 0.05) is 7.05 Å². The van der Waals surface area contributed by atoms with Crippen LogP contribution in [-0.2, 0) is 0 Å². The number of pyridine rings is 1. The van der Waals surface area contributed by atoms with Crippen LogP contribution < -0.4 is 10.6 Å². The maximum absolute atomic E-state index is 13.1. The van der Waals surface area contributed by atoms with Crippen LogP contribution in [0.5, 0.6) is 0 Å². The van der Waals surface area contributed by atoms with Crippen molar-refractivity contribution in [1.82, 2.24) is 4.98 Å². The van der Waals surface area contributed by atoms with Crippen LogP contribution >= 0.6 is 0 Å². The van der Waals surface area contributed by atoms with Gasteiger partial charge in [-0.05, 0) is 36.8 Å². The van der Waals surface area contributed by atoms with Crippen LogP contribution in [0, 0.1) is 5.82 Å². The molecule has 1 aromatic heterocycles. The van der Waals surface area contributed by atoms with Gasteiger partial charge in [-0.1, -0.05) is 18.2 Å². The summed E-state index contributed by atoms with van der Waals surface area (Å²) in [4.78, 5) is 4.36. The lowest BCUT2D eigenvalue weighted by Crippen LogP contribution is -2.08. The van der Waals surface area contributed by atoms with E-state index in [1.165, 1.54) is 12.1 Å². The second kappa shape index (κ2) is 5.49. The maximum Gasteiger partial charge on any atom is 0.128 e. The molecule has 0 saturated carbocycles. The van der Waals surface area contributed by atoms with Crippen molar-refractivity contribution in [2.45, 2.75) is 13.0 Å². The molecule has 94 valence electrons. The molecule has 0 amide bonds. The molecule has 1 unspecified atom stereocenters. The van der Waals surface area contributed by atoms with E-state index in [2.05, 4.69) is 15.6 Å². The van der Waals surface area contributed by atoms with Crippen molar-refractivity contribution in [2.75, 3.05) is 17.7 Å². The summed E-state index contributed by atoms with van der Waals surface area (Å²) in [7, 11) is 1.82. The van der Waals surface area contributed by atoms with Crippen LogP contribution in [0.2, 0.25) is 0 Å². The molecule has 1 atom stereocenters. The minimum atomic E-state index is -0.224. The van der Waals surface area contributed by atoms with Gasteiger partial charge in [0.1, 0.15) is 17.5 Å². The predicted molar refractivity (Wildman–Crippen MR) is 72.2 cm³/mol. The number of anilines is 2. The minimum Gasteiger partial charge on any atom is -0.373 e. The summed E-state index contributed by atoms with van der Waals surface area (Å²) in [5, 5.41) is 6.22. The molecule has 0 spiro atoms. The van der Waals surface area contributed by atoms with E-state index >= 15 is 0 Å². The number of hydrogen-bond donors (Lipinski definition) is 2. The van der Waals surface area contributed by atoms with Crippen molar-refractivity contribution in [1.29, 1.82) is 0 Å². The summed E-state index contributed by atoms with van der Waals surface area (Å²) in [6.45, 7) is 1.97. The van der Waals surface area contributed by atoms with Gasteiger partial charge in [0.05, 0.1) is 6.04 Å². The van der Waals surface area contributed by atoms with Gasteiger partial charge in [0.15, 0.2) is 0 Å². The number of nitrogens with one attached hydrogen (secondary N) is 2. The van der Waals surface area contributed by atoms with Gasteiger partial charge in [-0.25, -0.2) is 9.37 Å². The summed E-state index contributed by atoms with van der Waals surface area (Å²) in [6, 6.07) is 12.3. The molecule has 18 heavy (non-hydrogen) atoms. The molecule has 0 saturated heterocycles. The molecule has 0 radical (unpaired) electrons. The zero-order valence-electron chi connectivity index (χ0n) is 10.4. The summed E-state index contributed by atoms with van der Waals surface area (Å²) < 4.78 is 13.1. The van der Waals surface area contributed by atoms with E-state index in [1.807, 2.05) is 38.2 Å². The third kappa shape index (κ3) is 2.97. The van der Waals surface area contributed by atoms with Crippen LogP contribution in [-0.4, -0.2) is 12.0 Å². The Morgan fingerprint density at radius 3 is 2.56 bits per heavy atom. The fraction of sp³-hybridized carbons (Fsp3) is 0.214. The molecule has 1 heterocycles. The van der Waals surface area contributed by atoms with E-state index in [9.17, 15) is 4.39 Å². The molecule has 2 rings (SSSR count). The topological polar surface area (TPSA) is 37.0 Å².